The number of methoxy groups -OCH3 is 1. The lowest BCUT2D eigenvalue weighted by Crippen LogP contribution is -2.52. The third-order valence-electron chi connectivity index (χ3n) is 7.02. The van der Waals surface area contributed by atoms with Crippen LogP contribution >= 0.6 is 17.0 Å². The van der Waals surface area contributed by atoms with Crippen molar-refractivity contribution in [1.29, 1.82) is 0 Å². The van der Waals surface area contributed by atoms with Crippen LogP contribution in [0.3, 0.4) is 0 Å². The number of ether oxygens (including phenoxy) is 1. The van der Waals surface area contributed by atoms with Gasteiger partial charge in [-0.2, -0.15) is 0 Å². The molecule has 0 bridgehead atoms. The van der Waals surface area contributed by atoms with Crippen LogP contribution in [0.5, 0.6) is 5.75 Å². The molecule has 1 saturated heterocycles. The van der Waals surface area contributed by atoms with E-state index in [9.17, 15) is 0 Å². The Morgan fingerprint density at radius 3 is 2.68 bits per heavy atom. The Kier molecular flexibility index (Phi) is 7.22. The zero-order valence-electron chi connectivity index (χ0n) is 17.3. The van der Waals surface area contributed by atoms with Gasteiger partial charge in [-0.3, -0.25) is 4.90 Å². The fourth-order valence-electron chi connectivity index (χ4n) is 5.72. The molecule has 0 radical (unpaired) electrons. The molecule has 152 valence electrons. The van der Waals surface area contributed by atoms with E-state index in [0.29, 0.717) is 11.5 Å². The van der Waals surface area contributed by atoms with Gasteiger partial charge in [0.05, 0.1) is 7.11 Å². The van der Waals surface area contributed by atoms with Gasteiger partial charge in [0.2, 0.25) is 0 Å². The summed E-state index contributed by atoms with van der Waals surface area (Å²) in [4.78, 5) is 2.78. The molecule has 3 heteroatoms. The van der Waals surface area contributed by atoms with Crippen molar-refractivity contribution in [3.8, 4) is 5.75 Å². The van der Waals surface area contributed by atoms with Crippen molar-refractivity contribution < 1.29 is 4.74 Å². The highest BCUT2D eigenvalue weighted by Crippen LogP contribution is 2.53. The van der Waals surface area contributed by atoms with E-state index in [2.05, 4.69) is 66.4 Å². The molecule has 4 rings (SSSR count). The predicted octanol–water partition coefficient (Wildman–Crippen LogP) is 6.39. The minimum absolute atomic E-state index is 0. The highest BCUT2D eigenvalue weighted by molar-refractivity contribution is 8.93. The molecule has 2 aromatic carbocycles. The van der Waals surface area contributed by atoms with E-state index in [4.69, 9.17) is 4.74 Å². The van der Waals surface area contributed by atoms with Crippen molar-refractivity contribution in [1.82, 2.24) is 4.90 Å². The van der Waals surface area contributed by atoms with E-state index in [0.717, 1.165) is 18.2 Å². The molecular formula is C25H34BrNO. The molecule has 2 aliphatic rings. The largest absolute Gasteiger partial charge is 0.497 e. The van der Waals surface area contributed by atoms with E-state index in [-0.39, 0.29) is 17.0 Å². The number of nitrogens with zero attached hydrogens (tertiary/aromatic N) is 1. The van der Waals surface area contributed by atoms with Crippen LogP contribution < -0.4 is 4.74 Å². The van der Waals surface area contributed by atoms with Crippen LogP contribution in [0.25, 0.3) is 0 Å². The van der Waals surface area contributed by atoms with Crippen LogP contribution in [0.4, 0.5) is 0 Å². The monoisotopic (exact) mass is 443 g/mol. The fraction of sp³-hybridized carbons (Fsp3) is 0.520. The van der Waals surface area contributed by atoms with Gasteiger partial charge in [-0.1, -0.05) is 62.2 Å². The van der Waals surface area contributed by atoms with Gasteiger partial charge >= 0.3 is 0 Å². The summed E-state index contributed by atoms with van der Waals surface area (Å²) in [6.45, 7) is 4.66. The molecule has 0 aromatic heterocycles. The number of likely N-dealkylation sites (tertiary alicyclic amines) is 1. The van der Waals surface area contributed by atoms with Gasteiger partial charge in [-0.15, -0.1) is 17.0 Å². The van der Waals surface area contributed by atoms with E-state index in [1.54, 1.807) is 7.11 Å². The first-order chi connectivity index (χ1) is 13.2. The standard InChI is InChI=1S/C25H33NO.BrH/c1-3-9-23-17-25(21-12-7-14-24(16-21)27-2)15-8-13-22(25)19-26(23)18-20-10-5-4-6-11-20;/h4-7,10-12,14,16,22-23H,3,8-9,13,15,17-19H2,1-2H3;1H. The molecule has 0 amide bonds. The summed E-state index contributed by atoms with van der Waals surface area (Å²) in [5.41, 5.74) is 3.32. The van der Waals surface area contributed by atoms with Crippen LogP contribution in [0.1, 0.15) is 56.6 Å². The van der Waals surface area contributed by atoms with E-state index < -0.39 is 0 Å². The highest BCUT2D eigenvalue weighted by atomic mass is 79.9. The van der Waals surface area contributed by atoms with Crippen LogP contribution in [0.2, 0.25) is 0 Å². The lowest BCUT2D eigenvalue weighted by Gasteiger charge is -2.50. The Balaban J connectivity index is 0.00000225. The number of hydrogen-bond donors (Lipinski definition) is 0. The van der Waals surface area contributed by atoms with E-state index in [1.165, 1.54) is 56.2 Å². The van der Waals surface area contributed by atoms with Gasteiger partial charge < -0.3 is 4.74 Å². The lowest BCUT2D eigenvalue weighted by molar-refractivity contribution is 0.0436. The maximum Gasteiger partial charge on any atom is 0.119 e. The molecule has 1 aliphatic carbocycles. The predicted molar refractivity (Wildman–Crippen MR) is 123 cm³/mol. The summed E-state index contributed by atoms with van der Waals surface area (Å²) >= 11 is 0. The van der Waals surface area contributed by atoms with Gasteiger partial charge in [0.1, 0.15) is 5.75 Å². The number of piperidine rings is 1. The van der Waals surface area contributed by atoms with Crippen molar-refractivity contribution in [2.45, 2.75) is 63.5 Å². The molecule has 2 aromatic rings. The van der Waals surface area contributed by atoms with Gasteiger partial charge in [0.15, 0.2) is 0 Å². The molecule has 28 heavy (non-hydrogen) atoms. The minimum Gasteiger partial charge on any atom is -0.497 e. The van der Waals surface area contributed by atoms with Crippen molar-refractivity contribution in [2.75, 3.05) is 13.7 Å². The quantitative estimate of drug-likeness (QED) is 0.512. The van der Waals surface area contributed by atoms with Crippen molar-refractivity contribution in [2.24, 2.45) is 5.92 Å². The summed E-state index contributed by atoms with van der Waals surface area (Å²) in [7, 11) is 1.78. The summed E-state index contributed by atoms with van der Waals surface area (Å²) in [6.07, 6.45) is 7.91. The second-order valence-electron chi connectivity index (χ2n) is 8.54. The molecule has 0 N–H and O–H groups in total. The van der Waals surface area contributed by atoms with Crippen LogP contribution in [-0.2, 0) is 12.0 Å². The Morgan fingerprint density at radius 1 is 1.11 bits per heavy atom. The normalized spacial score (nSPS) is 27.1. The molecule has 2 fully saturated rings. The highest BCUT2D eigenvalue weighted by Gasteiger charge is 2.50. The molecule has 1 heterocycles. The fourth-order valence-corrected chi connectivity index (χ4v) is 5.72. The number of rotatable bonds is 6. The van der Waals surface area contributed by atoms with Crippen molar-refractivity contribution >= 4 is 17.0 Å². The van der Waals surface area contributed by atoms with Crippen molar-refractivity contribution in [3.05, 3.63) is 65.7 Å². The molecule has 3 unspecified atom stereocenters. The number of fused-ring (bicyclic) bond motifs is 1. The average Bonchev–Trinajstić information content (AvgIpc) is 3.13. The molecule has 3 atom stereocenters. The smallest absolute Gasteiger partial charge is 0.119 e. The molecule has 1 saturated carbocycles. The van der Waals surface area contributed by atoms with E-state index in [1.807, 2.05) is 0 Å². The van der Waals surface area contributed by atoms with Crippen LogP contribution in [0.15, 0.2) is 54.6 Å². The topological polar surface area (TPSA) is 12.5 Å². The summed E-state index contributed by atoms with van der Waals surface area (Å²) < 4.78 is 5.55. The van der Waals surface area contributed by atoms with Gasteiger partial charge in [-0.05, 0) is 54.9 Å². The molecule has 1 aliphatic heterocycles. The average molecular weight is 444 g/mol. The van der Waals surface area contributed by atoms with E-state index >= 15 is 0 Å². The lowest BCUT2D eigenvalue weighted by atomic mass is 9.65. The third-order valence-corrected chi connectivity index (χ3v) is 7.02. The van der Waals surface area contributed by atoms with Crippen LogP contribution in [-0.4, -0.2) is 24.6 Å². The van der Waals surface area contributed by atoms with Crippen LogP contribution in [0, 0.1) is 5.92 Å². The Morgan fingerprint density at radius 2 is 1.93 bits per heavy atom. The Bertz CT molecular complexity index is 749. The number of hydrogen-bond acceptors (Lipinski definition) is 2. The summed E-state index contributed by atoms with van der Waals surface area (Å²) in [5, 5.41) is 0. The second-order valence-corrected chi connectivity index (χ2v) is 8.54. The van der Waals surface area contributed by atoms with Crippen molar-refractivity contribution in [3.63, 3.8) is 0 Å². The first-order valence-electron chi connectivity index (χ1n) is 10.7. The Labute approximate surface area is 181 Å². The third kappa shape index (κ3) is 4.16. The first kappa shape index (κ1) is 21.4. The molecular weight excluding hydrogens is 410 g/mol. The zero-order valence-corrected chi connectivity index (χ0v) is 19.0. The number of benzene rings is 2. The maximum absolute atomic E-state index is 5.55. The van der Waals surface area contributed by atoms with Gasteiger partial charge in [0.25, 0.3) is 0 Å². The maximum atomic E-state index is 5.55. The second kappa shape index (κ2) is 9.45. The summed E-state index contributed by atoms with van der Waals surface area (Å²) in [6, 6.07) is 20.6. The van der Waals surface area contributed by atoms with Gasteiger partial charge in [0, 0.05) is 24.5 Å². The SMILES string of the molecule is Br.CCCC1CC2(c3cccc(OC)c3)CCCC2CN1Cc1ccccc1. The first-order valence-corrected chi connectivity index (χ1v) is 10.7. The summed E-state index contributed by atoms with van der Waals surface area (Å²) in [5.74, 6) is 1.77. The minimum atomic E-state index is 0. The molecule has 0 spiro atoms. The zero-order chi connectivity index (χ0) is 18.7. The number of halogens is 1. The van der Waals surface area contributed by atoms with Gasteiger partial charge in [-0.25, -0.2) is 0 Å². The Hall–Kier alpha value is -1.32. The molecule has 2 nitrogen and oxygen atoms in total.